The van der Waals surface area contributed by atoms with E-state index in [-0.39, 0.29) is 5.54 Å². The lowest BCUT2D eigenvalue weighted by molar-refractivity contribution is 0.340. The van der Waals surface area contributed by atoms with Crippen LogP contribution in [0.15, 0.2) is 24.3 Å². The van der Waals surface area contributed by atoms with Gasteiger partial charge in [0.25, 0.3) is 0 Å². The van der Waals surface area contributed by atoms with Gasteiger partial charge in [-0.3, -0.25) is 0 Å². The van der Waals surface area contributed by atoms with Gasteiger partial charge in [-0.05, 0) is 58.0 Å². The van der Waals surface area contributed by atoms with Crippen LogP contribution in [0, 0.1) is 0 Å². The molecule has 1 saturated heterocycles. The van der Waals surface area contributed by atoms with Crippen LogP contribution in [0.1, 0.15) is 27.2 Å². The van der Waals surface area contributed by atoms with Gasteiger partial charge in [-0.1, -0.05) is 0 Å². The first-order chi connectivity index (χ1) is 8.63. The van der Waals surface area contributed by atoms with E-state index in [0.717, 1.165) is 32.0 Å². The maximum absolute atomic E-state index is 5.49. The van der Waals surface area contributed by atoms with Crippen LogP contribution in [0.3, 0.4) is 0 Å². The van der Waals surface area contributed by atoms with Crippen molar-refractivity contribution in [1.29, 1.82) is 0 Å². The Hall–Kier alpha value is -1.22. The summed E-state index contributed by atoms with van der Waals surface area (Å²) in [6.07, 6.45) is 1.17. The fraction of sp³-hybridized carbons (Fsp3) is 0.600. The number of nitrogens with one attached hydrogen (secondary N) is 1. The van der Waals surface area contributed by atoms with Crippen LogP contribution in [0.25, 0.3) is 0 Å². The van der Waals surface area contributed by atoms with E-state index in [1.54, 1.807) is 0 Å². The predicted octanol–water partition coefficient (Wildman–Crippen LogP) is 2.66. The largest absolute Gasteiger partial charge is 0.494 e. The van der Waals surface area contributed by atoms with Crippen molar-refractivity contribution in [2.45, 2.75) is 32.7 Å². The Kier molecular flexibility index (Phi) is 4.12. The van der Waals surface area contributed by atoms with Crippen molar-refractivity contribution < 1.29 is 4.74 Å². The van der Waals surface area contributed by atoms with Crippen LogP contribution in [-0.4, -0.2) is 31.8 Å². The van der Waals surface area contributed by atoms with Crippen molar-refractivity contribution in [3.05, 3.63) is 24.3 Å². The lowest BCUT2D eigenvalue weighted by atomic mass is 9.97. The van der Waals surface area contributed by atoms with Gasteiger partial charge < -0.3 is 15.0 Å². The number of rotatable bonds is 3. The minimum Gasteiger partial charge on any atom is -0.494 e. The standard InChI is InChI=1S/C15H24N2O/c1-4-18-14-7-5-13(6-8-14)17-12-11-16-10-9-15(17,2)3/h5-8,16H,4,9-12H2,1-3H3. The average Bonchev–Trinajstić information content (AvgIpc) is 2.52. The number of ether oxygens (including phenoxy) is 1. The summed E-state index contributed by atoms with van der Waals surface area (Å²) in [5.74, 6) is 0.951. The molecule has 3 heteroatoms. The van der Waals surface area contributed by atoms with Crippen LogP contribution in [0.5, 0.6) is 5.75 Å². The molecule has 0 saturated carbocycles. The van der Waals surface area contributed by atoms with Crippen molar-refractivity contribution in [3.8, 4) is 5.75 Å². The van der Waals surface area contributed by atoms with Crippen molar-refractivity contribution >= 4 is 5.69 Å². The van der Waals surface area contributed by atoms with Gasteiger partial charge in [0.2, 0.25) is 0 Å². The second kappa shape index (κ2) is 5.61. The van der Waals surface area contributed by atoms with E-state index in [1.807, 2.05) is 6.92 Å². The molecule has 100 valence electrons. The Balaban J connectivity index is 2.17. The van der Waals surface area contributed by atoms with Crippen LogP contribution in [0.2, 0.25) is 0 Å². The molecule has 18 heavy (non-hydrogen) atoms. The summed E-state index contributed by atoms with van der Waals surface area (Å²) in [4.78, 5) is 2.49. The van der Waals surface area contributed by atoms with Gasteiger partial charge in [0, 0.05) is 24.3 Å². The van der Waals surface area contributed by atoms with E-state index in [0.29, 0.717) is 0 Å². The van der Waals surface area contributed by atoms with E-state index < -0.39 is 0 Å². The van der Waals surface area contributed by atoms with Gasteiger partial charge >= 0.3 is 0 Å². The molecule has 1 N–H and O–H groups in total. The third kappa shape index (κ3) is 2.96. The molecule has 0 spiro atoms. The zero-order valence-corrected chi connectivity index (χ0v) is 11.7. The van der Waals surface area contributed by atoms with Crippen molar-refractivity contribution in [2.75, 3.05) is 31.1 Å². The summed E-state index contributed by atoms with van der Waals surface area (Å²) in [5, 5.41) is 3.47. The Labute approximate surface area is 110 Å². The molecule has 0 unspecified atom stereocenters. The Morgan fingerprint density at radius 3 is 2.61 bits per heavy atom. The third-order valence-corrected chi connectivity index (χ3v) is 3.62. The van der Waals surface area contributed by atoms with Crippen LogP contribution in [-0.2, 0) is 0 Å². The maximum atomic E-state index is 5.49. The Morgan fingerprint density at radius 1 is 1.22 bits per heavy atom. The normalized spacial score (nSPS) is 19.4. The number of nitrogens with zero attached hydrogens (tertiary/aromatic N) is 1. The Morgan fingerprint density at radius 2 is 1.94 bits per heavy atom. The van der Waals surface area contributed by atoms with Crippen LogP contribution < -0.4 is 15.0 Å². The first-order valence-corrected chi connectivity index (χ1v) is 6.85. The fourth-order valence-corrected chi connectivity index (χ4v) is 2.52. The van der Waals surface area contributed by atoms with E-state index in [2.05, 4.69) is 48.3 Å². The number of benzene rings is 1. The number of hydrogen-bond donors (Lipinski definition) is 1. The van der Waals surface area contributed by atoms with E-state index >= 15 is 0 Å². The molecular weight excluding hydrogens is 224 g/mol. The molecule has 0 bridgehead atoms. The average molecular weight is 248 g/mol. The van der Waals surface area contributed by atoms with Gasteiger partial charge in [0.15, 0.2) is 0 Å². The summed E-state index contributed by atoms with van der Waals surface area (Å²) in [6, 6.07) is 8.45. The molecule has 0 radical (unpaired) electrons. The molecule has 1 aromatic rings. The predicted molar refractivity (Wildman–Crippen MR) is 76.5 cm³/mol. The maximum Gasteiger partial charge on any atom is 0.119 e. The number of hydrogen-bond acceptors (Lipinski definition) is 3. The molecule has 3 nitrogen and oxygen atoms in total. The molecule has 2 rings (SSSR count). The summed E-state index contributed by atoms with van der Waals surface area (Å²) in [5.41, 5.74) is 1.49. The van der Waals surface area contributed by atoms with Gasteiger partial charge in [0.1, 0.15) is 5.75 Å². The molecule has 1 heterocycles. The molecule has 0 aromatic heterocycles. The van der Waals surface area contributed by atoms with E-state index in [9.17, 15) is 0 Å². The minimum atomic E-state index is 0.205. The zero-order valence-electron chi connectivity index (χ0n) is 11.7. The summed E-state index contributed by atoms with van der Waals surface area (Å²) in [6.45, 7) is 10.6. The SMILES string of the molecule is CCOc1ccc(N2CCNCCC2(C)C)cc1. The highest BCUT2D eigenvalue weighted by Gasteiger charge is 2.28. The molecular formula is C15H24N2O. The monoisotopic (exact) mass is 248 g/mol. The quantitative estimate of drug-likeness (QED) is 0.890. The summed E-state index contributed by atoms with van der Waals surface area (Å²) < 4.78 is 5.49. The lowest BCUT2D eigenvalue weighted by Gasteiger charge is -2.39. The van der Waals surface area contributed by atoms with Crippen molar-refractivity contribution in [3.63, 3.8) is 0 Å². The first kappa shape index (κ1) is 13.2. The number of anilines is 1. The smallest absolute Gasteiger partial charge is 0.119 e. The molecule has 1 aliphatic heterocycles. The van der Waals surface area contributed by atoms with Gasteiger partial charge in [0.05, 0.1) is 6.61 Å². The molecule has 1 aromatic carbocycles. The zero-order chi connectivity index (χ0) is 13.0. The Bertz CT molecular complexity index is 373. The second-order valence-corrected chi connectivity index (χ2v) is 5.39. The molecule has 0 atom stereocenters. The van der Waals surface area contributed by atoms with E-state index in [1.165, 1.54) is 12.1 Å². The van der Waals surface area contributed by atoms with Crippen LogP contribution in [0.4, 0.5) is 5.69 Å². The highest BCUT2D eigenvalue weighted by Crippen LogP contribution is 2.28. The highest BCUT2D eigenvalue weighted by atomic mass is 16.5. The van der Waals surface area contributed by atoms with Crippen LogP contribution >= 0.6 is 0 Å². The first-order valence-electron chi connectivity index (χ1n) is 6.85. The molecule has 0 aliphatic carbocycles. The van der Waals surface area contributed by atoms with Gasteiger partial charge in [-0.2, -0.15) is 0 Å². The molecule has 0 amide bonds. The fourth-order valence-electron chi connectivity index (χ4n) is 2.52. The van der Waals surface area contributed by atoms with Gasteiger partial charge in [-0.25, -0.2) is 0 Å². The van der Waals surface area contributed by atoms with Crippen molar-refractivity contribution in [1.82, 2.24) is 5.32 Å². The summed E-state index contributed by atoms with van der Waals surface area (Å²) in [7, 11) is 0. The topological polar surface area (TPSA) is 24.5 Å². The molecule has 1 aliphatic rings. The van der Waals surface area contributed by atoms with Crippen molar-refractivity contribution in [2.24, 2.45) is 0 Å². The van der Waals surface area contributed by atoms with E-state index in [4.69, 9.17) is 4.74 Å². The lowest BCUT2D eigenvalue weighted by Crippen LogP contribution is -2.44. The third-order valence-electron chi connectivity index (χ3n) is 3.62. The summed E-state index contributed by atoms with van der Waals surface area (Å²) >= 11 is 0. The van der Waals surface area contributed by atoms with Gasteiger partial charge in [-0.15, -0.1) is 0 Å². The molecule has 1 fully saturated rings. The minimum absolute atomic E-state index is 0.205. The highest BCUT2D eigenvalue weighted by molar-refractivity contribution is 5.51. The second-order valence-electron chi connectivity index (χ2n) is 5.39.